The molecule has 1 aliphatic heterocycles. The first-order chi connectivity index (χ1) is 12.3. The molecule has 0 bridgehead atoms. The van der Waals surface area contributed by atoms with Crippen molar-refractivity contribution in [3.05, 3.63) is 41.6 Å². The molecule has 1 N–H and O–H groups in total. The van der Waals surface area contributed by atoms with Crippen LogP contribution in [0.2, 0.25) is 0 Å². The van der Waals surface area contributed by atoms with Gasteiger partial charge in [0.05, 0.1) is 12.8 Å². The molecule has 0 aliphatic carbocycles. The summed E-state index contributed by atoms with van der Waals surface area (Å²) >= 11 is 0. The maximum Gasteiger partial charge on any atom is 0.273 e. The lowest BCUT2D eigenvalue weighted by Crippen LogP contribution is -2.37. The lowest BCUT2D eigenvalue weighted by molar-refractivity contribution is 0.0936. The third-order valence-corrected chi connectivity index (χ3v) is 5.45. The highest BCUT2D eigenvalue weighted by atomic mass is 32.2. The van der Waals surface area contributed by atoms with Gasteiger partial charge in [-0.1, -0.05) is 5.16 Å². The Bertz CT molecular complexity index is 893. The van der Waals surface area contributed by atoms with E-state index in [0.717, 1.165) is 6.07 Å². The second-order valence-electron chi connectivity index (χ2n) is 6.00. The highest BCUT2D eigenvalue weighted by Crippen LogP contribution is 2.26. The van der Waals surface area contributed by atoms with Crippen molar-refractivity contribution in [1.29, 1.82) is 0 Å². The van der Waals surface area contributed by atoms with Crippen LogP contribution in [-0.2, 0) is 16.6 Å². The summed E-state index contributed by atoms with van der Waals surface area (Å²) in [7, 11) is -3.19. The molecule has 140 valence electrons. The van der Waals surface area contributed by atoms with E-state index in [4.69, 9.17) is 4.52 Å². The summed E-state index contributed by atoms with van der Waals surface area (Å²) in [4.78, 5) is 19.8. The summed E-state index contributed by atoms with van der Waals surface area (Å²) in [6, 6.07) is 2.54. The number of rotatable bonds is 5. The van der Waals surface area contributed by atoms with Crippen LogP contribution in [0.1, 0.15) is 41.0 Å². The van der Waals surface area contributed by atoms with Crippen LogP contribution >= 0.6 is 0 Å². The Hall–Kier alpha value is -2.40. The number of sulfonamides is 1. The number of halogens is 1. The fraction of sp³-hybridized carbons (Fsp3) is 0.467. The van der Waals surface area contributed by atoms with E-state index in [9.17, 15) is 17.6 Å². The molecule has 1 fully saturated rings. The number of carbonyl (C=O) groups is 1. The molecule has 0 saturated carbocycles. The second kappa shape index (κ2) is 7.46. The molecule has 3 rings (SSSR count). The van der Waals surface area contributed by atoms with Gasteiger partial charge in [-0.25, -0.2) is 22.1 Å². The Labute approximate surface area is 149 Å². The van der Waals surface area contributed by atoms with Crippen LogP contribution in [0.3, 0.4) is 0 Å². The molecule has 0 aromatic carbocycles. The smallest absolute Gasteiger partial charge is 0.273 e. The zero-order valence-corrected chi connectivity index (χ0v) is 14.9. The van der Waals surface area contributed by atoms with Crippen molar-refractivity contribution in [1.82, 2.24) is 24.7 Å². The van der Waals surface area contributed by atoms with Crippen molar-refractivity contribution in [3.63, 3.8) is 0 Å². The maximum absolute atomic E-state index is 13.5. The molecule has 11 heteroatoms. The Morgan fingerprint density at radius 1 is 1.42 bits per heavy atom. The molecule has 2 aromatic rings. The van der Waals surface area contributed by atoms with E-state index in [2.05, 4.69) is 20.4 Å². The van der Waals surface area contributed by atoms with Crippen LogP contribution in [0, 0.1) is 5.82 Å². The highest BCUT2D eigenvalue weighted by Gasteiger charge is 2.28. The first-order valence-electron chi connectivity index (χ1n) is 8.01. The van der Waals surface area contributed by atoms with E-state index in [1.165, 1.54) is 22.8 Å². The molecule has 0 atom stereocenters. The molecule has 3 heterocycles. The first-order valence-corrected chi connectivity index (χ1v) is 9.85. The molecule has 9 nitrogen and oxygen atoms in total. The zero-order chi connectivity index (χ0) is 18.7. The number of pyridine rings is 1. The molecule has 0 spiro atoms. The second-order valence-corrected chi connectivity index (χ2v) is 7.98. The Morgan fingerprint density at radius 3 is 2.81 bits per heavy atom. The van der Waals surface area contributed by atoms with Crippen LogP contribution in [0.5, 0.6) is 0 Å². The van der Waals surface area contributed by atoms with Crippen LogP contribution in [0.25, 0.3) is 0 Å². The molecule has 0 unspecified atom stereocenters. The predicted molar refractivity (Wildman–Crippen MR) is 88.1 cm³/mol. The minimum absolute atomic E-state index is 0.00515. The minimum Gasteiger partial charge on any atom is -0.342 e. The van der Waals surface area contributed by atoms with Crippen molar-refractivity contribution < 1.29 is 22.1 Å². The number of aromatic nitrogens is 3. The Morgan fingerprint density at radius 2 is 2.15 bits per heavy atom. The molecule has 1 saturated heterocycles. The molecule has 26 heavy (non-hydrogen) atoms. The van der Waals surface area contributed by atoms with E-state index in [0.29, 0.717) is 31.8 Å². The van der Waals surface area contributed by atoms with Gasteiger partial charge in [-0.3, -0.25) is 4.79 Å². The predicted octanol–water partition coefficient (Wildman–Crippen LogP) is 0.673. The number of hydrogen-bond donors (Lipinski definition) is 1. The minimum atomic E-state index is -3.19. The Balaban J connectivity index is 1.56. The molecule has 2 aromatic heterocycles. The quantitative estimate of drug-likeness (QED) is 0.806. The van der Waals surface area contributed by atoms with Crippen LogP contribution < -0.4 is 5.32 Å². The highest BCUT2D eigenvalue weighted by molar-refractivity contribution is 7.88. The average molecular weight is 383 g/mol. The van der Waals surface area contributed by atoms with Crippen molar-refractivity contribution >= 4 is 15.9 Å². The summed E-state index contributed by atoms with van der Waals surface area (Å²) in [6.07, 6.45) is 3.70. The number of nitrogens with zero attached hydrogens (tertiary/aromatic N) is 4. The number of carbonyl (C=O) groups excluding carboxylic acids is 1. The summed E-state index contributed by atoms with van der Waals surface area (Å²) in [6.45, 7) is 0.760. The van der Waals surface area contributed by atoms with Crippen LogP contribution in [0.15, 0.2) is 22.9 Å². The third kappa shape index (κ3) is 4.22. The van der Waals surface area contributed by atoms with Gasteiger partial charge in [0.25, 0.3) is 5.91 Å². The molecule has 0 radical (unpaired) electrons. The van der Waals surface area contributed by atoms with Gasteiger partial charge in [-0.15, -0.1) is 0 Å². The number of nitrogens with one attached hydrogen (secondary N) is 1. The number of piperidine rings is 1. The van der Waals surface area contributed by atoms with Gasteiger partial charge in [-0.2, -0.15) is 4.98 Å². The standard InChI is InChI=1S/C15H18FN5O4S/c1-26(23,24)21-7-4-10(5-8-21)14-19-12(25-20-14)9-18-15(22)13-11(16)3-2-6-17-13/h2-3,6,10H,4-5,7-9H2,1H3,(H,18,22). The van der Waals surface area contributed by atoms with Gasteiger partial charge in [0.2, 0.25) is 15.9 Å². The lowest BCUT2D eigenvalue weighted by Gasteiger charge is -2.28. The molecular formula is C15H18FN5O4S. The molecular weight excluding hydrogens is 365 g/mol. The van der Waals surface area contributed by atoms with Crippen LogP contribution in [-0.4, -0.2) is 53.1 Å². The van der Waals surface area contributed by atoms with Crippen molar-refractivity contribution in [3.8, 4) is 0 Å². The van der Waals surface area contributed by atoms with Gasteiger partial charge in [0.15, 0.2) is 17.3 Å². The van der Waals surface area contributed by atoms with Crippen molar-refractivity contribution in [2.75, 3.05) is 19.3 Å². The third-order valence-electron chi connectivity index (χ3n) is 4.15. The zero-order valence-electron chi connectivity index (χ0n) is 14.1. The fourth-order valence-corrected chi connectivity index (χ4v) is 3.62. The van der Waals surface area contributed by atoms with E-state index in [-0.39, 0.29) is 24.0 Å². The first kappa shape index (κ1) is 18.4. The molecule has 1 aliphatic rings. The SMILES string of the molecule is CS(=O)(=O)N1CCC(c2noc(CNC(=O)c3ncccc3F)n2)CC1. The van der Waals surface area contributed by atoms with E-state index in [1.54, 1.807) is 0 Å². The van der Waals surface area contributed by atoms with Gasteiger partial charge in [0.1, 0.15) is 0 Å². The topological polar surface area (TPSA) is 118 Å². The average Bonchev–Trinajstić information content (AvgIpc) is 3.08. The van der Waals surface area contributed by atoms with Crippen LogP contribution in [0.4, 0.5) is 4.39 Å². The number of amides is 1. The van der Waals surface area contributed by atoms with Gasteiger partial charge in [0, 0.05) is 25.2 Å². The van der Waals surface area contributed by atoms with E-state index < -0.39 is 21.7 Å². The van der Waals surface area contributed by atoms with Crippen molar-refractivity contribution in [2.24, 2.45) is 0 Å². The van der Waals surface area contributed by atoms with Gasteiger partial charge >= 0.3 is 0 Å². The summed E-state index contributed by atoms with van der Waals surface area (Å²) in [5.41, 5.74) is -0.305. The van der Waals surface area contributed by atoms with E-state index in [1.807, 2.05) is 0 Å². The fourth-order valence-electron chi connectivity index (χ4n) is 2.74. The Kier molecular flexibility index (Phi) is 5.28. The monoisotopic (exact) mass is 383 g/mol. The maximum atomic E-state index is 13.5. The largest absolute Gasteiger partial charge is 0.342 e. The summed E-state index contributed by atoms with van der Waals surface area (Å²) < 4.78 is 43.1. The molecule has 1 amide bonds. The van der Waals surface area contributed by atoms with Crippen molar-refractivity contribution in [2.45, 2.75) is 25.3 Å². The summed E-state index contributed by atoms with van der Waals surface area (Å²) in [5.74, 6) is -0.728. The van der Waals surface area contributed by atoms with E-state index >= 15 is 0 Å². The normalized spacial score (nSPS) is 16.5. The van der Waals surface area contributed by atoms with Gasteiger partial charge < -0.3 is 9.84 Å². The number of hydrogen-bond acceptors (Lipinski definition) is 7. The lowest BCUT2D eigenvalue weighted by atomic mass is 9.98. The summed E-state index contributed by atoms with van der Waals surface area (Å²) in [5, 5.41) is 6.37. The van der Waals surface area contributed by atoms with Gasteiger partial charge in [-0.05, 0) is 25.0 Å².